The number of nitrogens with zero attached hydrogens (tertiary/aromatic N) is 5. The Labute approximate surface area is 270 Å². The highest BCUT2D eigenvalue weighted by atomic mass is 19.1. The van der Waals surface area contributed by atoms with Gasteiger partial charge in [-0.25, -0.2) is 19.0 Å². The molecule has 1 fully saturated rings. The minimum Gasteiger partial charge on any atom is -0.444 e. The Balaban J connectivity index is 1.13. The molecule has 0 atom stereocenters. The van der Waals surface area contributed by atoms with E-state index in [1.807, 2.05) is 42.4 Å². The Morgan fingerprint density at radius 2 is 1.81 bits per heavy atom. The normalized spacial score (nSPS) is 17.4. The second-order valence-electron chi connectivity index (χ2n) is 13.3. The van der Waals surface area contributed by atoms with Gasteiger partial charge in [-0.2, -0.15) is 0 Å². The molecule has 3 aliphatic heterocycles. The van der Waals surface area contributed by atoms with Gasteiger partial charge < -0.3 is 24.4 Å². The largest absolute Gasteiger partial charge is 0.444 e. The summed E-state index contributed by atoms with van der Waals surface area (Å²) in [5.74, 6) is -1.36. The number of urea groups is 1. The van der Waals surface area contributed by atoms with Crippen LogP contribution in [-0.2, 0) is 27.4 Å². The molecule has 5 amide bonds. The molecule has 4 aromatic rings. The van der Waals surface area contributed by atoms with Crippen LogP contribution in [-0.4, -0.2) is 79.5 Å². The van der Waals surface area contributed by atoms with Crippen LogP contribution in [0.5, 0.6) is 0 Å². The molecule has 12 nitrogen and oxygen atoms in total. The number of ether oxygens (including phenoxy) is 1. The van der Waals surface area contributed by atoms with E-state index in [-0.39, 0.29) is 29.6 Å². The number of amides is 5. The number of rotatable bonds is 4. The van der Waals surface area contributed by atoms with Crippen molar-refractivity contribution in [2.24, 2.45) is 5.92 Å². The molecule has 0 spiro atoms. The number of piperidine rings is 1. The van der Waals surface area contributed by atoms with Gasteiger partial charge >= 0.3 is 12.1 Å². The number of imidazole rings is 1. The van der Waals surface area contributed by atoms with Crippen molar-refractivity contribution >= 4 is 51.6 Å². The predicted molar refractivity (Wildman–Crippen MR) is 171 cm³/mol. The van der Waals surface area contributed by atoms with E-state index in [1.54, 1.807) is 34.0 Å². The average Bonchev–Trinajstić information content (AvgIpc) is 3.64. The quantitative estimate of drug-likeness (QED) is 0.322. The number of nitrogens with one attached hydrogen (secondary N) is 2. The summed E-state index contributed by atoms with van der Waals surface area (Å²) >= 11 is 0. The lowest BCUT2D eigenvalue weighted by molar-refractivity contribution is -0.122. The lowest BCUT2D eigenvalue weighted by atomic mass is 9.97. The standard InChI is InChI=1S/C34H36FN7O5/c1-34(2,3)47-32(45)37-16-20-7-10-39(11-8-20)33(46)41-13-12-40-19-24(23-15-22(35)14-21(18-41)29(23)40)27-28(31(44)38-30(27)43)25-17-36-26-6-4-5-9-42(25)26/h4-6,9,14-15,17,19-20H,7-8,10-13,16,18H2,1-3H3,(H,37,45)(H,38,43,44). The van der Waals surface area contributed by atoms with Gasteiger partial charge in [0.1, 0.15) is 17.1 Å². The van der Waals surface area contributed by atoms with Gasteiger partial charge in [-0.3, -0.25) is 19.3 Å². The fourth-order valence-electron chi connectivity index (χ4n) is 6.81. The zero-order valence-corrected chi connectivity index (χ0v) is 26.5. The van der Waals surface area contributed by atoms with Crippen LogP contribution in [0.1, 0.15) is 50.4 Å². The number of carbonyl (C=O) groups excluding carboxylic acids is 4. The number of hydrogen-bond acceptors (Lipinski definition) is 6. The predicted octanol–water partition coefficient (Wildman–Crippen LogP) is 4.17. The van der Waals surface area contributed by atoms with E-state index in [2.05, 4.69) is 15.6 Å². The number of alkyl carbamates (subject to hydrolysis) is 1. The first-order valence-corrected chi connectivity index (χ1v) is 15.8. The molecule has 7 rings (SSSR count). The van der Waals surface area contributed by atoms with Gasteiger partial charge in [0.05, 0.1) is 28.6 Å². The van der Waals surface area contributed by atoms with Crippen LogP contribution in [0, 0.1) is 11.7 Å². The second kappa shape index (κ2) is 11.6. The summed E-state index contributed by atoms with van der Waals surface area (Å²) in [5.41, 5.74) is 2.66. The third kappa shape index (κ3) is 5.70. The monoisotopic (exact) mass is 641 g/mol. The van der Waals surface area contributed by atoms with Crippen LogP contribution in [0.25, 0.3) is 27.7 Å². The van der Waals surface area contributed by atoms with E-state index < -0.39 is 29.3 Å². The summed E-state index contributed by atoms with van der Waals surface area (Å²) < 4.78 is 24.3. The van der Waals surface area contributed by atoms with Crippen molar-refractivity contribution < 1.29 is 28.3 Å². The Hall–Kier alpha value is -5.20. The molecule has 0 bridgehead atoms. The molecule has 1 saturated heterocycles. The number of likely N-dealkylation sites (tertiary alicyclic amines) is 1. The molecule has 13 heteroatoms. The summed E-state index contributed by atoms with van der Waals surface area (Å²) in [6.45, 7) is 8.03. The molecule has 3 aliphatic rings. The molecule has 47 heavy (non-hydrogen) atoms. The summed E-state index contributed by atoms with van der Waals surface area (Å²) in [7, 11) is 0. The fourth-order valence-corrected chi connectivity index (χ4v) is 6.81. The Bertz CT molecular complexity index is 1980. The average molecular weight is 642 g/mol. The van der Waals surface area contributed by atoms with Gasteiger partial charge in [0, 0.05) is 62.6 Å². The Morgan fingerprint density at radius 3 is 2.57 bits per heavy atom. The van der Waals surface area contributed by atoms with E-state index in [1.165, 1.54) is 12.1 Å². The minimum absolute atomic E-state index is 0.120. The van der Waals surface area contributed by atoms with Gasteiger partial charge in [0.2, 0.25) is 0 Å². The number of carbonyl (C=O) groups is 4. The van der Waals surface area contributed by atoms with Gasteiger partial charge in [-0.1, -0.05) is 6.07 Å². The molecule has 0 saturated carbocycles. The van der Waals surface area contributed by atoms with Gasteiger partial charge in [-0.15, -0.1) is 0 Å². The fraction of sp³-hybridized carbons (Fsp3) is 0.382. The molecule has 0 unspecified atom stereocenters. The first-order chi connectivity index (χ1) is 22.5. The number of aromatic nitrogens is 3. The zero-order chi connectivity index (χ0) is 33.0. The number of benzene rings is 1. The maximum absolute atomic E-state index is 15.3. The topological polar surface area (TPSA) is 130 Å². The maximum atomic E-state index is 15.3. The van der Waals surface area contributed by atoms with Crippen molar-refractivity contribution in [3.05, 3.63) is 71.6 Å². The molecule has 244 valence electrons. The van der Waals surface area contributed by atoms with Crippen molar-refractivity contribution in [1.82, 2.24) is 34.4 Å². The zero-order valence-electron chi connectivity index (χ0n) is 26.5. The molecular weight excluding hydrogens is 605 g/mol. The summed E-state index contributed by atoms with van der Waals surface area (Å²) in [6, 6.07) is 8.14. The second-order valence-corrected chi connectivity index (χ2v) is 13.3. The van der Waals surface area contributed by atoms with Crippen LogP contribution in [0.4, 0.5) is 14.0 Å². The van der Waals surface area contributed by atoms with Crippen molar-refractivity contribution in [1.29, 1.82) is 0 Å². The van der Waals surface area contributed by atoms with Gasteiger partial charge in [0.15, 0.2) is 0 Å². The van der Waals surface area contributed by atoms with E-state index in [0.29, 0.717) is 60.6 Å². The summed E-state index contributed by atoms with van der Waals surface area (Å²) in [5, 5.41) is 5.75. The number of imide groups is 1. The first kappa shape index (κ1) is 30.5. The third-order valence-electron chi connectivity index (χ3n) is 8.95. The minimum atomic E-state index is -0.566. The Morgan fingerprint density at radius 1 is 1.04 bits per heavy atom. The highest BCUT2D eigenvalue weighted by molar-refractivity contribution is 6.49. The van der Waals surface area contributed by atoms with E-state index in [9.17, 15) is 19.2 Å². The molecule has 3 aromatic heterocycles. The molecule has 0 aliphatic carbocycles. The Kier molecular flexibility index (Phi) is 7.48. The summed E-state index contributed by atoms with van der Waals surface area (Å²) in [4.78, 5) is 60.1. The number of hydrogen-bond donors (Lipinski definition) is 2. The van der Waals surface area contributed by atoms with E-state index >= 15 is 4.39 Å². The molecule has 6 heterocycles. The van der Waals surface area contributed by atoms with Crippen LogP contribution in [0.2, 0.25) is 0 Å². The van der Waals surface area contributed by atoms with Crippen molar-refractivity contribution in [2.45, 2.75) is 52.3 Å². The van der Waals surface area contributed by atoms with Crippen molar-refractivity contribution in [3.63, 3.8) is 0 Å². The SMILES string of the molecule is CC(C)(C)OC(=O)NCC1CCN(C(=O)N2CCn3cc(C4=C(c5cnc6ccccn56)C(=O)NC4=O)c4cc(F)cc(c43)C2)CC1. The van der Waals surface area contributed by atoms with Crippen LogP contribution >= 0.6 is 0 Å². The molecule has 0 radical (unpaired) electrons. The van der Waals surface area contributed by atoms with Crippen molar-refractivity contribution in [3.8, 4) is 0 Å². The smallest absolute Gasteiger partial charge is 0.407 e. The third-order valence-corrected chi connectivity index (χ3v) is 8.95. The molecule has 1 aromatic carbocycles. The number of fused-ring (bicyclic) bond motifs is 1. The highest BCUT2D eigenvalue weighted by Crippen LogP contribution is 2.38. The van der Waals surface area contributed by atoms with Crippen molar-refractivity contribution in [2.75, 3.05) is 26.2 Å². The van der Waals surface area contributed by atoms with Crippen LogP contribution in [0.3, 0.4) is 0 Å². The van der Waals surface area contributed by atoms with E-state index in [4.69, 9.17) is 4.74 Å². The van der Waals surface area contributed by atoms with E-state index in [0.717, 1.165) is 18.4 Å². The first-order valence-electron chi connectivity index (χ1n) is 15.8. The summed E-state index contributed by atoms with van der Waals surface area (Å²) in [6.07, 6.45) is 6.15. The van der Waals surface area contributed by atoms with Gasteiger partial charge in [-0.05, 0) is 69.4 Å². The maximum Gasteiger partial charge on any atom is 0.407 e. The number of halogens is 1. The lowest BCUT2D eigenvalue weighted by Gasteiger charge is -2.35. The van der Waals surface area contributed by atoms with Gasteiger partial charge in [0.25, 0.3) is 11.8 Å². The lowest BCUT2D eigenvalue weighted by Crippen LogP contribution is -2.48. The molecule has 2 N–H and O–H groups in total. The van der Waals surface area contributed by atoms with Crippen LogP contribution in [0.15, 0.2) is 48.9 Å². The molecular formula is C34H36FN7O5. The van der Waals surface area contributed by atoms with Crippen LogP contribution < -0.4 is 10.6 Å². The number of pyridine rings is 1. The highest BCUT2D eigenvalue weighted by Gasteiger charge is 2.37.